The van der Waals surface area contributed by atoms with Gasteiger partial charge in [-0.15, -0.1) is 0 Å². The summed E-state index contributed by atoms with van der Waals surface area (Å²) in [5.74, 6) is 0. The van der Waals surface area contributed by atoms with E-state index >= 15 is 0 Å². The summed E-state index contributed by atoms with van der Waals surface area (Å²) < 4.78 is 74.5. The van der Waals surface area contributed by atoms with Crippen molar-refractivity contribution in [2.75, 3.05) is 19.6 Å². The molecule has 20 heavy (non-hydrogen) atoms. The van der Waals surface area contributed by atoms with Crippen molar-refractivity contribution in [3.63, 3.8) is 0 Å². The van der Waals surface area contributed by atoms with Crippen molar-refractivity contribution in [2.45, 2.75) is 18.9 Å². The van der Waals surface area contributed by atoms with E-state index in [-0.39, 0.29) is 25.2 Å². The molecule has 1 rings (SSSR count). The molecule has 0 aliphatic carbocycles. The van der Waals surface area contributed by atoms with E-state index in [2.05, 4.69) is 0 Å². The first kappa shape index (κ1) is 16.8. The molecule has 2 N–H and O–H groups in total. The van der Waals surface area contributed by atoms with Gasteiger partial charge in [0.1, 0.15) is 0 Å². The van der Waals surface area contributed by atoms with Gasteiger partial charge in [-0.05, 0) is 11.6 Å². The Bertz CT molecular complexity index is 427. The average Bonchev–Trinajstić information content (AvgIpc) is 2.26. The maximum atomic E-state index is 12.5. The van der Waals surface area contributed by atoms with Crippen molar-refractivity contribution in [3.8, 4) is 0 Å². The standard InChI is InChI=1S/C12H14F6N2/c13-11(14,15)8-20(5-4-19)7-9-2-1-3-10(6-9)12(16,17)18/h1-3,6H,4-5,7-8,19H2. The molecule has 0 bridgehead atoms. The molecule has 0 atom stereocenters. The summed E-state index contributed by atoms with van der Waals surface area (Å²) in [5, 5.41) is 0. The number of rotatable bonds is 5. The molecule has 0 saturated carbocycles. The summed E-state index contributed by atoms with van der Waals surface area (Å²) in [6, 6.07) is 4.25. The minimum Gasteiger partial charge on any atom is -0.329 e. The molecule has 0 aliphatic rings. The van der Waals surface area contributed by atoms with Crippen LogP contribution in [0.3, 0.4) is 0 Å². The first-order chi connectivity index (χ1) is 9.12. The summed E-state index contributed by atoms with van der Waals surface area (Å²) in [6.07, 6.45) is -8.93. The van der Waals surface area contributed by atoms with Gasteiger partial charge < -0.3 is 5.73 Å². The summed E-state index contributed by atoms with van der Waals surface area (Å²) >= 11 is 0. The lowest BCUT2D eigenvalue weighted by Gasteiger charge is -2.23. The molecule has 0 saturated heterocycles. The molecule has 1 aromatic carbocycles. The second-order valence-electron chi connectivity index (χ2n) is 4.31. The van der Waals surface area contributed by atoms with Crippen molar-refractivity contribution >= 4 is 0 Å². The third-order valence-electron chi connectivity index (χ3n) is 2.51. The van der Waals surface area contributed by atoms with E-state index in [4.69, 9.17) is 5.73 Å². The maximum absolute atomic E-state index is 12.5. The van der Waals surface area contributed by atoms with E-state index in [0.717, 1.165) is 17.0 Å². The van der Waals surface area contributed by atoms with Crippen LogP contribution < -0.4 is 5.73 Å². The quantitative estimate of drug-likeness (QED) is 0.847. The van der Waals surface area contributed by atoms with Crippen LogP contribution in [0.4, 0.5) is 26.3 Å². The maximum Gasteiger partial charge on any atom is 0.416 e. The molecule has 0 amide bonds. The molecule has 0 aliphatic heterocycles. The summed E-state index contributed by atoms with van der Waals surface area (Å²) in [7, 11) is 0. The minimum atomic E-state index is -4.52. The Kier molecular flexibility index (Phi) is 5.41. The van der Waals surface area contributed by atoms with Crippen molar-refractivity contribution in [1.82, 2.24) is 4.90 Å². The van der Waals surface area contributed by atoms with Crippen molar-refractivity contribution in [2.24, 2.45) is 5.73 Å². The van der Waals surface area contributed by atoms with E-state index in [1.807, 2.05) is 0 Å². The molecule has 8 heteroatoms. The Morgan fingerprint density at radius 3 is 2.20 bits per heavy atom. The molecule has 0 radical (unpaired) electrons. The van der Waals surface area contributed by atoms with Gasteiger partial charge in [0, 0.05) is 19.6 Å². The number of nitrogens with two attached hydrogens (primary N) is 1. The van der Waals surface area contributed by atoms with Gasteiger partial charge in [-0.1, -0.05) is 18.2 Å². The highest BCUT2D eigenvalue weighted by atomic mass is 19.4. The molecular formula is C12H14F6N2. The lowest BCUT2D eigenvalue weighted by Crippen LogP contribution is -2.37. The second-order valence-corrected chi connectivity index (χ2v) is 4.31. The van der Waals surface area contributed by atoms with Gasteiger partial charge in [-0.2, -0.15) is 26.3 Å². The average molecular weight is 300 g/mol. The number of benzene rings is 1. The molecule has 2 nitrogen and oxygen atoms in total. The van der Waals surface area contributed by atoms with Gasteiger partial charge in [-0.3, -0.25) is 4.90 Å². The third kappa shape index (κ3) is 5.79. The summed E-state index contributed by atoms with van der Waals surface area (Å²) in [6.45, 7) is -1.49. The first-order valence-electron chi connectivity index (χ1n) is 5.77. The SMILES string of the molecule is NCCN(Cc1cccc(C(F)(F)F)c1)CC(F)(F)F. The van der Waals surface area contributed by atoms with Crippen molar-refractivity contribution in [1.29, 1.82) is 0 Å². The molecule has 1 aromatic rings. The number of alkyl halides is 6. The molecule has 0 unspecified atom stereocenters. The normalized spacial score (nSPS) is 13.0. The third-order valence-corrected chi connectivity index (χ3v) is 2.51. The number of hydrogen-bond donors (Lipinski definition) is 1. The van der Waals surface area contributed by atoms with Gasteiger partial charge in [0.15, 0.2) is 0 Å². The highest BCUT2D eigenvalue weighted by molar-refractivity contribution is 5.25. The monoisotopic (exact) mass is 300 g/mol. The first-order valence-corrected chi connectivity index (χ1v) is 5.77. The van der Waals surface area contributed by atoms with Gasteiger partial charge in [0.2, 0.25) is 0 Å². The molecule has 0 fully saturated rings. The van der Waals surface area contributed by atoms with E-state index < -0.39 is 24.5 Å². The van der Waals surface area contributed by atoms with E-state index in [0.29, 0.717) is 0 Å². The predicted molar refractivity (Wildman–Crippen MR) is 61.8 cm³/mol. The second kappa shape index (κ2) is 6.45. The van der Waals surface area contributed by atoms with Crippen LogP contribution in [0.25, 0.3) is 0 Å². The van der Waals surface area contributed by atoms with Crippen LogP contribution in [0.1, 0.15) is 11.1 Å². The van der Waals surface area contributed by atoms with Crippen molar-refractivity contribution < 1.29 is 26.3 Å². The molecule has 0 spiro atoms. The Morgan fingerprint density at radius 1 is 1.05 bits per heavy atom. The molecule has 0 aromatic heterocycles. The van der Waals surface area contributed by atoms with Gasteiger partial charge in [0.05, 0.1) is 12.1 Å². The lowest BCUT2D eigenvalue weighted by molar-refractivity contribution is -0.147. The zero-order chi connectivity index (χ0) is 15.4. The Labute approximate surface area is 112 Å². The van der Waals surface area contributed by atoms with Gasteiger partial charge in [0.25, 0.3) is 0 Å². The van der Waals surface area contributed by atoms with Crippen LogP contribution in [0.2, 0.25) is 0 Å². The molecule has 114 valence electrons. The van der Waals surface area contributed by atoms with Crippen LogP contribution in [-0.4, -0.2) is 30.7 Å². The Balaban J connectivity index is 2.83. The summed E-state index contributed by atoms with van der Waals surface area (Å²) in [5.41, 5.74) is 4.50. The minimum absolute atomic E-state index is 0.00492. The molecule has 0 heterocycles. The highest BCUT2D eigenvalue weighted by Gasteiger charge is 2.32. The van der Waals surface area contributed by atoms with Crippen LogP contribution >= 0.6 is 0 Å². The van der Waals surface area contributed by atoms with Gasteiger partial charge in [-0.25, -0.2) is 0 Å². The van der Waals surface area contributed by atoms with Crippen LogP contribution in [0.5, 0.6) is 0 Å². The lowest BCUT2D eigenvalue weighted by atomic mass is 10.1. The fraction of sp³-hybridized carbons (Fsp3) is 0.500. The van der Waals surface area contributed by atoms with E-state index in [1.165, 1.54) is 12.1 Å². The highest BCUT2D eigenvalue weighted by Crippen LogP contribution is 2.30. The number of nitrogens with zero attached hydrogens (tertiary/aromatic N) is 1. The van der Waals surface area contributed by atoms with Crippen LogP contribution in [0, 0.1) is 0 Å². The summed E-state index contributed by atoms with van der Waals surface area (Å²) in [4.78, 5) is 0.968. The fourth-order valence-corrected chi connectivity index (χ4v) is 1.75. The van der Waals surface area contributed by atoms with Crippen LogP contribution in [-0.2, 0) is 12.7 Å². The van der Waals surface area contributed by atoms with E-state index in [9.17, 15) is 26.3 Å². The molecular weight excluding hydrogens is 286 g/mol. The number of hydrogen-bond acceptors (Lipinski definition) is 2. The predicted octanol–water partition coefficient (Wildman–Crippen LogP) is 3.03. The largest absolute Gasteiger partial charge is 0.416 e. The topological polar surface area (TPSA) is 29.3 Å². The van der Waals surface area contributed by atoms with Crippen molar-refractivity contribution in [3.05, 3.63) is 35.4 Å². The Morgan fingerprint density at radius 2 is 1.70 bits per heavy atom. The zero-order valence-corrected chi connectivity index (χ0v) is 10.4. The zero-order valence-electron chi connectivity index (χ0n) is 10.4. The van der Waals surface area contributed by atoms with E-state index in [1.54, 1.807) is 0 Å². The van der Waals surface area contributed by atoms with Crippen LogP contribution in [0.15, 0.2) is 24.3 Å². The van der Waals surface area contributed by atoms with Gasteiger partial charge >= 0.3 is 12.4 Å². The Hall–Kier alpha value is -1.28. The number of halogens is 6. The smallest absolute Gasteiger partial charge is 0.329 e. The fourth-order valence-electron chi connectivity index (χ4n) is 1.75.